The number of fused-ring (bicyclic) bond motifs is 1. The smallest absolute Gasteiger partial charge is 0.235 e. The molecule has 4 rings (SSSR count). The van der Waals surface area contributed by atoms with Gasteiger partial charge in [-0.3, -0.25) is 4.79 Å². The molecular formula is C25H23NO7. The number of quaternary nitrogens is 1. The van der Waals surface area contributed by atoms with Crippen molar-refractivity contribution in [2.75, 3.05) is 6.61 Å². The summed E-state index contributed by atoms with van der Waals surface area (Å²) in [4.78, 5) is 13.1. The summed E-state index contributed by atoms with van der Waals surface area (Å²) in [6.45, 7) is 4.25. The van der Waals surface area contributed by atoms with E-state index in [-0.39, 0.29) is 23.5 Å². The quantitative estimate of drug-likeness (QED) is 0.387. The van der Waals surface area contributed by atoms with Crippen molar-refractivity contribution in [3.8, 4) is 23.0 Å². The van der Waals surface area contributed by atoms with E-state index in [1.54, 1.807) is 55.5 Å². The number of aryl methyl sites for hydroxylation is 1. The van der Waals surface area contributed by atoms with Gasteiger partial charge in [-0.1, -0.05) is 12.1 Å². The summed E-state index contributed by atoms with van der Waals surface area (Å²) in [5.74, 6) is 1.92. The lowest BCUT2D eigenvalue weighted by Gasteiger charge is -2.13. The fourth-order valence-electron chi connectivity index (χ4n) is 3.31. The van der Waals surface area contributed by atoms with Gasteiger partial charge in [-0.15, -0.1) is 0 Å². The van der Waals surface area contributed by atoms with E-state index in [1.807, 2.05) is 13.0 Å². The van der Waals surface area contributed by atoms with Crippen LogP contribution in [0.4, 0.5) is 5.69 Å². The lowest BCUT2D eigenvalue weighted by atomic mass is 10.2. The molecule has 8 nitrogen and oxygen atoms in total. The molecule has 0 fully saturated rings. The summed E-state index contributed by atoms with van der Waals surface area (Å²) >= 11 is 0. The highest BCUT2D eigenvalue weighted by Gasteiger charge is 2.16. The fourth-order valence-corrected chi connectivity index (χ4v) is 3.31. The van der Waals surface area contributed by atoms with Gasteiger partial charge in [0.05, 0.1) is 12.0 Å². The number of hydrogen-bond donors (Lipinski definition) is 2. The minimum Gasteiger partial charge on any atom is -0.595 e. The fraction of sp³-hybridized carbons (Fsp3) is 0.160. The van der Waals surface area contributed by atoms with Gasteiger partial charge in [0.25, 0.3) is 0 Å². The van der Waals surface area contributed by atoms with Crippen molar-refractivity contribution >= 4 is 16.7 Å². The molecule has 1 heterocycles. The Labute approximate surface area is 189 Å². The third-order valence-corrected chi connectivity index (χ3v) is 4.95. The number of para-hydroxylation sites is 2. The van der Waals surface area contributed by atoms with Gasteiger partial charge < -0.3 is 23.8 Å². The van der Waals surface area contributed by atoms with Crippen molar-refractivity contribution in [1.29, 1.82) is 0 Å². The van der Waals surface area contributed by atoms with Crippen LogP contribution in [0.1, 0.15) is 18.2 Å². The molecule has 3 aromatic carbocycles. The van der Waals surface area contributed by atoms with Crippen LogP contribution in [0, 0.1) is 12.1 Å². The number of benzene rings is 3. The first kappa shape index (κ1) is 22.3. The highest BCUT2D eigenvalue weighted by Crippen LogP contribution is 2.33. The predicted octanol–water partition coefficient (Wildman–Crippen LogP) is 4.27. The first-order valence-electron chi connectivity index (χ1n) is 10.4. The van der Waals surface area contributed by atoms with Gasteiger partial charge in [-0.25, -0.2) is 5.21 Å². The molecule has 33 heavy (non-hydrogen) atoms. The molecule has 0 aliphatic carbocycles. The maximum absolute atomic E-state index is 13.1. The zero-order valence-electron chi connectivity index (χ0n) is 18.2. The zero-order chi connectivity index (χ0) is 23.4. The van der Waals surface area contributed by atoms with Gasteiger partial charge in [0.15, 0.2) is 17.2 Å². The number of ether oxygens (including phenoxy) is 3. The van der Waals surface area contributed by atoms with Crippen LogP contribution >= 0.6 is 0 Å². The van der Waals surface area contributed by atoms with E-state index in [4.69, 9.17) is 23.8 Å². The minimum absolute atomic E-state index is 0.0989. The molecule has 2 N–H and O–H groups in total. The third-order valence-electron chi connectivity index (χ3n) is 4.95. The molecule has 0 saturated carbocycles. The third kappa shape index (κ3) is 4.98. The van der Waals surface area contributed by atoms with Crippen molar-refractivity contribution in [1.82, 2.24) is 0 Å². The number of hydrogen-bond acceptors (Lipinski definition) is 7. The lowest BCUT2D eigenvalue weighted by molar-refractivity contribution is -0.991. The van der Waals surface area contributed by atoms with Crippen molar-refractivity contribution in [3.05, 3.63) is 93.5 Å². The largest absolute Gasteiger partial charge is 0.595 e. The molecule has 4 aromatic rings. The van der Waals surface area contributed by atoms with E-state index in [1.165, 1.54) is 12.1 Å². The Morgan fingerprint density at radius 1 is 1.00 bits per heavy atom. The Kier molecular flexibility index (Phi) is 6.60. The molecule has 0 aliphatic heterocycles. The first-order valence-corrected chi connectivity index (χ1v) is 10.4. The zero-order valence-corrected chi connectivity index (χ0v) is 18.2. The van der Waals surface area contributed by atoms with Crippen molar-refractivity contribution < 1.29 is 29.1 Å². The summed E-state index contributed by atoms with van der Waals surface area (Å²) in [6.07, 6.45) is 0. The van der Waals surface area contributed by atoms with E-state index >= 15 is 0 Å². The maximum atomic E-state index is 13.1. The molecule has 0 aliphatic rings. The van der Waals surface area contributed by atoms with Crippen LogP contribution in [0.25, 0.3) is 11.0 Å². The van der Waals surface area contributed by atoms with Crippen LogP contribution in [-0.4, -0.2) is 11.8 Å². The van der Waals surface area contributed by atoms with Crippen molar-refractivity contribution in [3.63, 3.8) is 0 Å². The van der Waals surface area contributed by atoms with Gasteiger partial charge in [0, 0.05) is 18.2 Å². The van der Waals surface area contributed by atoms with Gasteiger partial charge in [-0.05, 0) is 55.8 Å². The van der Waals surface area contributed by atoms with E-state index in [9.17, 15) is 10.0 Å². The standard InChI is InChI=1S/C25H23NO7/c1-3-30-21-6-4-5-7-22(21)33-25-16(2)32-23-14-19(12-13-20(23)24(25)27)31-15-17-8-10-18(11-9-17)26(28)29/h4-14,26,28H,3,15H2,1-2H3. The Hall–Kier alpha value is -3.85. The highest BCUT2D eigenvalue weighted by molar-refractivity contribution is 5.79. The van der Waals surface area contributed by atoms with E-state index < -0.39 is 5.23 Å². The first-order chi connectivity index (χ1) is 16.0. The second-order valence-corrected chi connectivity index (χ2v) is 7.25. The molecule has 1 aromatic heterocycles. The molecule has 0 amide bonds. The van der Waals surface area contributed by atoms with Crippen LogP contribution in [0.5, 0.6) is 23.0 Å². The maximum Gasteiger partial charge on any atom is 0.235 e. The van der Waals surface area contributed by atoms with E-state index in [0.29, 0.717) is 40.6 Å². The highest BCUT2D eigenvalue weighted by atomic mass is 16.8. The summed E-state index contributed by atoms with van der Waals surface area (Å²) in [5, 5.41) is 19.3. The SMILES string of the molecule is CCOc1ccccc1Oc1c(C)oc2cc(OCc3ccc([NH+]([O-])O)cc3)ccc2c1=O. The molecule has 0 radical (unpaired) electrons. The molecule has 0 spiro atoms. The van der Waals surface area contributed by atoms with Crippen molar-refractivity contribution in [2.45, 2.75) is 20.5 Å². The van der Waals surface area contributed by atoms with Crippen LogP contribution in [0.2, 0.25) is 0 Å². The predicted molar refractivity (Wildman–Crippen MR) is 121 cm³/mol. The minimum atomic E-state index is -0.980. The number of rotatable bonds is 8. The molecule has 1 unspecified atom stereocenters. The monoisotopic (exact) mass is 449 g/mol. The lowest BCUT2D eigenvalue weighted by Crippen LogP contribution is -2.99. The molecule has 1 atom stereocenters. The Morgan fingerprint density at radius 3 is 2.42 bits per heavy atom. The normalized spacial score (nSPS) is 11.9. The average molecular weight is 449 g/mol. The van der Waals surface area contributed by atoms with Crippen LogP contribution in [-0.2, 0) is 6.61 Å². The van der Waals surface area contributed by atoms with Crippen molar-refractivity contribution in [2.24, 2.45) is 0 Å². The van der Waals surface area contributed by atoms with Gasteiger partial charge in [-0.2, -0.15) is 5.23 Å². The van der Waals surface area contributed by atoms with Gasteiger partial charge in [0.1, 0.15) is 23.7 Å². The molecule has 0 bridgehead atoms. The summed E-state index contributed by atoms with van der Waals surface area (Å²) in [7, 11) is 0. The van der Waals surface area contributed by atoms with Gasteiger partial charge in [0.2, 0.25) is 11.2 Å². The van der Waals surface area contributed by atoms with Gasteiger partial charge >= 0.3 is 0 Å². The Morgan fingerprint density at radius 2 is 1.73 bits per heavy atom. The second kappa shape index (κ2) is 9.74. The molecular weight excluding hydrogens is 426 g/mol. The second-order valence-electron chi connectivity index (χ2n) is 7.25. The topological polar surface area (TPSA) is 106 Å². The summed E-state index contributed by atoms with van der Waals surface area (Å²) in [6, 6.07) is 18.5. The average Bonchev–Trinajstić information content (AvgIpc) is 2.81. The molecule has 0 saturated heterocycles. The Bertz CT molecular complexity index is 1310. The van der Waals surface area contributed by atoms with Crippen LogP contribution < -0.4 is 24.9 Å². The van der Waals surface area contributed by atoms with E-state index in [0.717, 1.165) is 5.56 Å². The van der Waals surface area contributed by atoms with E-state index in [2.05, 4.69) is 0 Å². The number of nitrogens with one attached hydrogen (secondary N) is 1. The van der Waals surface area contributed by atoms with Crippen LogP contribution in [0.3, 0.4) is 0 Å². The Balaban J connectivity index is 1.56. The molecule has 170 valence electrons. The molecule has 8 heteroatoms. The summed E-state index contributed by atoms with van der Waals surface area (Å²) < 4.78 is 23.1. The van der Waals surface area contributed by atoms with Crippen LogP contribution in [0.15, 0.2) is 75.9 Å². The summed E-state index contributed by atoms with van der Waals surface area (Å²) in [5.41, 5.74) is 1.11.